The standard InChI is InChI=1S/C48H35N3/c1-6-18-36(19-7-1)37-30-32-42(33-31-37)51-45-29-17-16-28-44(45)48-46(50(40-24-12-4-13-25-40)41-26-14-5-15-27-41)34-43(35-47(48)51)49(38-20-8-2-9-21-38)39-22-10-3-11-23-39/h1-35H. The fourth-order valence-corrected chi connectivity index (χ4v) is 7.26. The highest BCUT2D eigenvalue weighted by molar-refractivity contribution is 6.18. The lowest BCUT2D eigenvalue weighted by molar-refractivity contribution is 1.17. The molecule has 0 saturated heterocycles. The molecule has 0 saturated carbocycles. The lowest BCUT2D eigenvalue weighted by Crippen LogP contribution is -2.14. The van der Waals surface area contributed by atoms with Crippen LogP contribution in [0.3, 0.4) is 0 Å². The van der Waals surface area contributed by atoms with E-state index in [4.69, 9.17) is 0 Å². The number of rotatable bonds is 8. The van der Waals surface area contributed by atoms with Crippen LogP contribution in [0.1, 0.15) is 0 Å². The molecule has 0 amide bonds. The molecular formula is C48H35N3. The average molecular weight is 654 g/mol. The Labute approximate surface area is 298 Å². The number of para-hydroxylation sites is 5. The predicted molar refractivity (Wildman–Crippen MR) is 216 cm³/mol. The molecule has 3 heteroatoms. The van der Waals surface area contributed by atoms with E-state index >= 15 is 0 Å². The van der Waals surface area contributed by atoms with Crippen LogP contribution in [0, 0.1) is 0 Å². The Balaban J connectivity index is 1.38. The van der Waals surface area contributed by atoms with Crippen LogP contribution >= 0.6 is 0 Å². The van der Waals surface area contributed by atoms with Gasteiger partial charge in [0.1, 0.15) is 0 Å². The first kappa shape index (κ1) is 30.2. The van der Waals surface area contributed by atoms with Crippen LogP contribution < -0.4 is 9.80 Å². The minimum atomic E-state index is 1.07. The number of benzene rings is 8. The van der Waals surface area contributed by atoms with E-state index in [0.29, 0.717) is 0 Å². The van der Waals surface area contributed by atoms with Crippen molar-refractivity contribution in [1.82, 2.24) is 4.57 Å². The zero-order valence-electron chi connectivity index (χ0n) is 28.0. The monoisotopic (exact) mass is 653 g/mol. The smallest absolute Gasteiger partial charge is 0.0583 e. The van der Waals surface area contributed by atoms with E-state index in [-0.39, 0.29) is 0 Å². The third-order valence-corrected chi connectivity index (χ3v) is 9.53. The number of hydrogen-bond acceptors (Lipinski definition) is 2. The number of hydrogen-bond donors (Lipinski definition) is 0. The number of nitrogens with zero attached hydrogens (tertiary/aromatic N) is 3. The van der Waals surface area contributed by atoms with Crippen molar-refractivity contribution >= 4 is 55.9 Å². The van der Waals surface area contributed by atoms with Crippen LogP contribution in [-0.2, 0) is 0 Å². The molecule has 0 aliphatic rings. The molecule has 0 radical (unpaired) electrons. The van der Waals surface area contributed by atoms with Crippen LogP contribution in [-0.4, -0.2) is 4.57 Å². The minimum absolute atomic E-state index is 1.07. The fourth-order valence-electron chi connectivity index (χ4n) is 7.26. The minimum Gasteiger partial charge on any atom is -0.310 e. The second-order valence-corrected chi connectivity index (χ2v) is 12.6. The maximum Gasteiger partial charge on any atom is 0.0583 e. The summed E-state index contributed by atoms with van der Waals surface area (Å²) < 4.78 is 2.43. The van der Waals surface area contributed by atoms with Crippen molar-refractivity contribution in [3.8, 4) is 16.8 Å². The molecule has 0 fully saturated rings. The maximum absolute atomic E-state index is 2.43. The van der Waals surface area contributed by atoms with Gasteiger partial charge in [0, 0.05) is 39.2 Å². The summed E-state index contributed by atoms with van der Waals surface area (Å²) in [6.45, 7) is 0. The predicted octanol–water partition coefficient (Wildman–Crippen LogP) is 13.4. The van der Waals surface area contributed by atoms with E-state index in [9.17, 15) is 0 Å². The highest BCUT2D eigenvalue weighted by atomic mass is 15.2. The highest BCUT2D eigenvalue weighted by Gasteiger charge is 2.24. The first-order chi connectivity index (χ1) is 25.3. The van der Waals surface area contributed by atoms with E-state index in [1.165, 1.54) is 21.9 Å². The summed E-state index contributed by atoms with van der Waals surface area (Å²) in [7, 11) is 0. The van der Waals surface area contributed by atoms with Crippen LogP contribution in [0.2, 0.25) is 0 Å². The van der Waals surface area contributed by atoms with Crippen LogP contribution in [0.25, 0.3) is 38.6 Å². The van der Waals surface area contributed by atoms with Gasteiger partial charge in [0.2, 0.25) is 0 Å². The van der Waals surface area contributed by atoms with Gasteiger partial charge >= 0.3 is 0 Å². The van der Waals surface area contributed by atoms with E-state index in [1.807, 2.05) is 0 Å². The first-order valence-electron chi connectivity index (χ1n) is 17.4. The molecule has 9 rings (SSSR count). The number of fused-ring (bicyclic) bond motifs is 3. The largest absolute Gasteiger partial charge is 0.310 e. The molecule has 3 nitrogen and oxygen atoms in total. The SMILES string of the molecule is c1ccc(-c2ccc(-n3c4ccccc4c4c(N(c5ccccc5)c5ccccc5)cc(N(c5ccccc5)c5ccccc5)cc43)cc2)cc1. The van der Waals surface area contributed by atoms with Gasteiger partial charge in [0.05, 0.1) is 22.4 Å². The zero-order chi connectivity index (χ0) is 34.0. The average Bonchev–Trinajstić information content (AvgIpc) is 3.54. The Morgan fingerprint density at radius 2 is 0.745 bits per heavy atom. The van der Waals surface area contributed by atoms with Gasteiger partial charge in [-0.25, -0.2) is 0 Å². The van der Waals surface area contributed by atoms with Gasteiger partial charge in [-0.2, -0.15) is 0 Å². The normalized spacial score (nSPS) is 11.1. The van der Waals surface area contributed by atoms with Gasteiger partial charge in [-0.1, -0.05) is 133 Å². The Hall–Kier alpha value is -6.84. The molecule has 242 valence electrons. The molecular weight excluding hydrogens is 619 g/mol. The third kappa shape index (κ3) is 5.61. The second-order valence-electron chi connectivity index (χ2n) is 12.6. The van der Waals surface area contributed by atoms with Crippen molar-refractivity contribution in [3.63, 3.8) is 0 Å². The van der Waals surface area contributed by atoms with E-state index in [0.717, 1.165) is 50.8 Å². The first-order valence-corrected chi connectivity index (χ1v) is 17.4. The summed E-state index contributed by atoms with van der Waals surface area (Å²) in [5.41, 5.74) is 12.3. The molecule has 51 heavy (non-hydrogen) atoms. The quantitative estimate of drug-likeness (QED) is 0.162. The topological polar surface area (TPSA) is 11.4 Å². The van der Waals surface area contributed by atoms with Crippen molar-refractivity contribution in [2.45, 2.75) is 0 Å². The molecule has 1 heterocycles. The van der Waals surface area contributed by atoms with Crippen LogP contribution in [0.5, 0.6) is 0 Å². The van der Waals surface area contributed by atoms with Crippen molar-refractivity contribution in [3.05, 3.63) is 212 Å². The van der Waals surface area contributed by atoms with Crippen LogP contribution in [0.4, 0.5) is 34.1 Å². The molecule has 0 bridgehead atoms. The Bertz CT molecular complexity index is 2470. The van der Waals surface area contributed by atoms with Gasteiger partial charge < -0.3 is 14.4 Å². The van der Waals surface area contributed by atoms with Crippen LogP contribution in [0.15, 0.2) is 212 Å². The molecule has 1 aromatic heterocycles. The van der Waals surface area contributed by atoms with Crippen molar-refractivity contribution in [2.24, 2.45) is 0 Å². The molecule has 0 atom stereocenters. The summed E-state index contributed by atoms with van der Waals surface area (Å²) >= 11 is 0. The van der Waals surface area contributed by atoms with Gasteiger partial charge in [-0.3, -0.25) is 0 Å². The highest BCUT2D eigenvalue weighted by Crippen LogP contribution is 2.48. The van der Waals surface area contributed by atoms with Gasteiger partial charge in [0.25, 0.3) is 0 Å². The van der Waals surface area contributed by atoms with E-state index in [2.05, 4.69) is 227 Å². The van der Waals surface area contributed by atoms with Gasteiger partial charge in [-0.15, -0.1) is 0 Å². The van der Waals surface area contributed by atoms with E-state index in [1.54, 1.807) is 0 Å². The summed E-state index contributed by atoms with van der Waals surface area (Å²) in [4.78, 5) is 4.76. The second kappa shape index (κ2) is 13.2. The van der Waals surface area contributed by atoms with Gasteiger partial charge in [-0.05, 0) is 90.0 Å². The summed E-state index contributed by atoms with van der Waals surface area (Å²) in [5, 5.41) is 2.39. The number of anilines is 6. The number of aromatic nitrogens is 1. The van der Waals surface area contributed by atoms with Crippen molar-refractivity contribution < 1.29 is 0 Å². The van der Waals surface area contributed by atoms with Gasteiger partial charge in [0.15, 0.2) is 0 Å². The molecule has 0 unspecified atom stereocenters. The molecule has 9 aromatic rings. The molecule has 0 aliphatic carbocycles. The van der Waals surface area contributed by atoms with Crippen molar-refractivity contribution in [1.29, 1.82) is 0 Å². The lowest BCUT2D eigenvalue weighted by atomic mass is 10.1. The zero-order valence-corrected chi connectivity index (χ0v) is 28.0. The Kier molecular flexibility index (Phi) is 7.84. The van der Waals surface area contributed by atoms with E-state index < -0.39 is 0 Å². The molecule has 0 N–H and O–H groups in total. The lowest BCUT2D eigenvalue weighted by Gasteiger charge is -2.30. The third-order valence-electron chi connectivity index (χ3n) is 9.53. The molecule has 0 aliphatic heterocycles. The maximum atomic E-state index is 2.43. The Morgan fingerprint density at radius 3 is 1.27 bits per heavy atom. The summed E-state index contributed by atoms with van der Waals surface area (Å²) in [5.74, 6) is 0. The Morgan fingerprint density at radius 1 is 0.314 bits per heavy atom. The summed E-state index contributed by atoms with van der Waals surface area (Å²) in [6, 6.07) is 75.8. The molecule has 8 aromatic carbocycles. The molecule has 0 spiro atoms. The fraction of sp³-hybridized carbons (Fsp3) is 0. The van der Waals surface area contributed by atoms with Crippen molar-refractivity contribution in [2.75, 3.05) is 9.80 Å². The summed E-state index contributed by atoms with van der Waals surface area (Å²) in [6.07, 6.45) is 0.